The number of benzene rings is 2. The second kappa shape index (κ2) is 7.17. The summed E-state index contributed by atoms with van der Waals surface area (Å²) in [4.78, 5) is 17.2. The molecule has 0 aliphatic carbocycles. The maximum absolute atomic E-state index is 12.8. The molecule has 4 rings (SSSR count). The number of aromatic nitrogens is 1. The second-order valence-electron chi connectivity index (χ2n) is 6.49. The largest absolute Gasteiger partial charge is 0.368 e. The number of sulfonamides is 1. The highest BCUT2D eigenvalue weighted by molar-refractivity contribution is 7.89. The molecule has 0 bridgehead atoms. The molecule has 3 aromatic rings. The second-order valence-corrected chi connectivity index (χ2v) is 8.42. The van der Waals surface area contributed by atoms with E-state index < -0.39 is 14.9 Å². The fraction of sp³-hybridized carbons (Fsp3) is 0.211. The van der Waals surface area contributed by atoms with E-state index in [2.05, 4.69) is 9.88 Å². The van der Waals surface area contributed by atoms with Gasteiger partial charge in [-0.3, -0.25) is 15.1 Å². The van der Waals surface area contributed by atoms with Crippen LogP contribution in [-0.2, 0) is 10.0 Å². The minimum Gasteiger partial charge on any atom is -0.368 e. The van der Waals surface area contributed by atoms with Crippen LogP contribution in [0.4, 0.5) is 11.4 Å². The third kappa shape index (κ3) is 3.19. The topological polar surface area (TPSA) is 96.6 Å². The summed E-state index contributed by atoms with van der Waals surface area (Å²) in [6, 6.07) is 13.3. The summed E-state index contributed by atoms with van der Waals surface area (Å²) in [6.07, 6.45) is 3.10. The Labute approximate surface area is 162 Å². The molecule has 1 aliphatic heterocycles. The highest BCUT2D eigenvalue weighted by atomic mass is 32.2. The van der Waals surface area contributed by atoms with Crippen molar-refractivity contribution in [3.63, 3.8) is 0 Å². The lowest BCUT2D eigenvalue weighted by atomic mass is 10.1. The van der Waals surface area contributed by atoms with Crippen molar-refractivity contribution >= 4 is 32.2 Å². The smallest absolute Gasteiger partial charge is 0.278 e. The van der Waals surface area contributed by atoms with E-state index in [4.69, 9.17) is 0 Å². The van der Waals surface area contributed by atoms with Gasteiger partial charge in [0.2, 0.25) is 10.0 Å². The minimum absolute atomic E-state index is 0.0112. The van der Waals surface area contributed by atoms with Crippen molar-refractivity contribution in [3.05, 3.63) is 71.0 Å². The van der Waals surface area contributed by atoms with Gasteiger partial charge in [-0.25, -0.2) is 8.42 Å². The highest BCUT2D eigenvalue weighted by Gasteiger charge is 2.29. The predicted octanol–water partition coefficient (Wildman–Crippen LogP) is 2.65. The van der Waals surface area contributed by atoms with Crippen LogP contribution in [0.15, 0.2) is 65.8 Å². The van der Waals surface area contributed by atoms with E-state index in [-0.39, 0.29) is 10.6 Å². The molecule has 0 amide bonds. The van der Waals surface area contributed by atoms with Crippen molar-refractivity contribution < 1.29 is 13.3 Å². The van der Waals surface area contributed by atoms with Gasteiger partial charge in [0.05, 0.1) is 15.2 Å². The molecular formula is C19H18N4O4S. The van der Waals surface area contributed by atoms with Crippen LogP contribution in [-0.4, -0.2) is 48.8 Å². The lowest BCUT2D eigenvalue weighted by molar-refractivity contribution is -0.383. The summed E-state index contributed by atoms with van der Waals surface area (Å²) >= 11 is 0. The average molecular weight is 398 g/mol. The van der Waals surface area contributed by atoms with Crippen molar-refractivity contribution in [2.75, 3.05) is 31.1 Å². The maximum Gasteiger partial charge on any atom is 0.278 e. The van der Waals surface area contributed by atoms with Crippen LogP contribution in [0.25, 0.3) is 10.8 Å². The Morgan fingerprint density at radius 3 is 2.32 bits per heavy atom. The molecular weight excluding hydrogens is 380 g/mol. The standard InChI is InChI=1S/C19H18N4O4S/c24-23(25)19-7-6-18(16-8-9-20-14-17(16)19)21-10-12-22(13-11-21)28(26,27)15-4-2-1-3-5-15/h1-9,14H,10-13H2. The summed E-state index contributed by atoms with van der Waals surface area (Å²) in [5.41, 5.74) is 0.858. The van der Waals surface area contributed by atoms with E-state index in [0.717, 1.165) is 11.1 Å². The third-order valence-electron chi connectivity index (χ3n) is 4.93. The lowest BCUT2D eigenvalue weighted by Crippen LogP contribution is -2.48. The summed E-state index contributed by atoms with van der Waals surface area (Å²) < 4.78 is 27.1. The van der Waals surface area contributed by atoms with E-state index in [1.807, 2.05) is 0 Å². The first-order chi connectivity index (χ1) is 13.5. The zero-order chi connectivity index (χ0) is 19.7. The Morgan fingerprint density at radius 1 is 0.929 bits per heavy atom. The molecule has 0 saturated carbocycles. The number of nitro groups is 1. The number of piperazine rings is 1. The molecule has 1 fully saturated rings. The number of nitro benzene ring substituents is 1. The fourth-order valence-electron chi connectivity index (χ4n) is 3.51. The van der Waals surface area contributed by atoms with Gasteiger partial charge in [-0.15, -0.1) is 0 Å². The summed E-state index contributed by atoms with van der Waals surface area (Å²) in [6.45, 7) is 1.70. The number of non-ortho nitro benzene ring substituents is 1. The molecule has 0 unspecified atom stereocenters. The van der Waals surface area contributed by atoms with Crippen LogP contribution >= 0.6 is 0 Å². The van der Waals surface area contributed by atoms with E-state index in [1.165, 1.54) is 16.6 Å². The van der Waals surface area contributed by atoms with Crippen LogP contribution in [0, 0.1) is 10.1 Å². The molecule has 8 nitrogen and oxygen atoms in total. The molecule has 1 saturated heterocycles. The van der Waals surface area contributed by atoms with Gasteiger partial charge in [0.25, 0.3) is 5.69 Å². The first-order valence-corrected chi connectivity index (χ1v) is 10.2. The van der Waals surface area contributed by atoms with Crippen molar-refractivity contribution in [2.24, 2.45) is 0 Å². The fourth-order valence-corrected chi connectivity index (χ4v) is 4.95. The molecule has 28 heavy (non-hydrogen) atoms. The lowest BCUT2D eigenvalue weighted by Gasteiger charge is -2.35. The Morgan fingerprint density at radius 2 is 1.64 bits per heavy atom. The molecule has 0 atom stereocenters. The van der Waals surface area contributed by atoms with Gasteiger partial charge in [0.1, 0.15) is 0 Å². The predicted molar refractivity (Wildman–Crippen MR) is 106 cm³/mol. The van der Waals surface area contributed by atoms with Crippen LogP contribution in [0.2, 0.25) is 0 Å². The number of nitrogens with zero attached hydrogens (tertiary/aromatic N) is 4. The molecule has 0 N–H and O–H groups in total. The number of hydrogen-bond acceptors (Lipinski definition) is 6. The van der Waals surface area contributed by atoms with E-state index in [1.54, 1.807) is 48.7 Å². The molecule has 2 aromatic carbocycles. The number of hydrogen-bond donors (Lipinski definition) is 0. The number of fused-ring (bicyclic) bond motifs is 1. The first-order valence-electron chi connectivity index (χ1n) is 8.80. The van der Waals surface area contributed by atoms with E-state index in [0.29, 0.717) is 31.6 Å². The van der Waals surface area contributed by atoms with Crippen molar-refractivity contribution in [3.8, 4) is 0 Å². The van der Waals surface area contributed by atoms with Gasteiger partial charge < -0.3 is 4.90 Å². The Balaban J connectivity index is 1.60. The monoisotopic (exact) mass is 398 g/mol. The van der Waals surface area contributed by atoms with Crippen LogP contribution in [0.1, 0.15) is 0 Å². The van der Waals surface area contributed by atoms with Crippen molar-refractivity contribution in [1.82, 2.24) is 9.29 Å². The van der Waals surface area contributed by atoms with Gasteiger partial charge in [-0.2, -0.15) is 4.31 Å². The van der Waals surface area contributed by atoms with Gasteiger partial charge in [0.15, 0.2) is 0 Å². The molecule has 144 valence electrons. The number of rotatable bonds is 4. The summed E-state index contributed by atoms with van der Waals surface area (Å²) in [7, 11) is -3.52. The zero-order valence-electron chi connectivity index (χ0n) is 14.9. The molecule has 1 aliphatic rings. The Kier molecular flexibility index (Phi) is 4.70. The van der Waals surface area contributed by atoms with Gasteiger partial charge >= 0.3 is 0 Å². The van der Waals surface area contributed by atoms with Crippen LogP contribution in [0.3, 0.4) is 0 Å². The van der Waals surface area contributed by atoms with Crippen molar-refractivity contribution in [2.45, 2.75) is 4.90 Å². The Hall–Kier alpha value is -3.04. The summed E-state index contributed by atoms with van der Waals surface area (Å²) in [5, 5.41) is 12.5. The SMILES string of the molecule is O=[N+]([O-])c1ccc(N2CCN(S(=O)(=O)c3ccccc3)CC2)c2ccncc12. The molecule has 1 aromatic heterocycles. The van der Waals surface area contributed by atoms with Gasteiger partial charge in [0, 0.05) is 55.7 Å². The first kappa shape index (κ1) is 18.3. The maximum atomic E-state index is 12.8. The summed E-state index contributed by atoms with van der Waals surface area (Å²) in [5.74, 6) is 0. The van der Waals surface area contributed by atoms with Gasteiger partial charge in [-0.05, 0) is 24.3 Å². The molecule has 0 spiro atoms. The van der Waals surface area contributed by atoms with Gasteiger partial charge in [-0.1, -0.05) is 18.2 Å². The highest BCUT2D eigenvalue weighted by Crippen LogP contribution is 2.33. The number of anilines is 1. The molecule has 2 heterocycles. The Bertz CT molecular complexity index is 1130. The van der Waals surface area contributed by atoms with Crippen molar-refractivity contribution in [1.29, 1.82) is 0 Å². The average Bonchev–Trinajstić information content (AvgIpc) is 2.73. The van der Waals surface area contributed by atoms with Crippen LogP contribution < -0.4 is 4.90 Å². The van der Waals surface area contributed by atoms with Crippen LogP contribution in [0.5, 0.6) is 0 Å². The normalized spacial score (nSPS) is 15.6. The van der Waals surface area contributed by atoms with E-state index in [9.17, 15) is 18.5 Å². The minimum atomic E-state index is -3.52. The zero-order valence-corrected chi connectivity index (χ0v) is 15.7. The quantitative estimate of drug-likeness (QED) is 0.495. The number of pyridine rings is 1. The third-order valence-corrected chi connectivity index (χ3v) is 6.84. The molecule has 9 heteroatoms. The molecule has 0 radical (unpaired) electrons. The van der Waals surface area contributed by atoms with E-state index >= 15 is 0 Å².